The molecule has 1 aliphatic carbocycles. The maximum Gasteiger partial charge on any atom is 0.236 e. The Kier molecular flexibility index (Phi) is 3.98. The zero-order chi connectivity index (χ0) is 14.9. The monoisotopic (exact) mass is 290 g/mol. The second kappa shape index (κ2) is 5.76. The number of amides is 1. The minimum atomic E-state index is -0.211. The molecule has 1 heterocycles. The van der Waals surface area contributed by atoms with Gasteiger partial charge >= 0.3 is 0 Å². The number of piperidine rings is 1. The molecule has 0 unspecified atom stereocenters. The second-order valence-electron chi connectivity index (χ2n) is 6.53. The summed E-state index contributed by atoms with van der Waals surface area (Å²) in [5, 5.41) is 3.37. The van der Waals surface area contributed by atoms with Crippen molar-refractivity contribution in [2.24, 2.45) is 5.92 Å². The quantitative estimate of drug-likeness (QED) is 0.924. The first-order valence-electron chi connectivity index (χ1n) is 7.88. The van der Waals surface area contributed by atoms with Gasteiger partial charge in [-0.05, 0) is 49.3 Å². The van der Waals surface area contributed by atoms with Gasteiger partial charge in [-0.2, -0.15) is 0 Å². The van der Waals surface area contributed by atoms with E-state index in [0.29, 0.717) is 12.5 Å². The average Bonchev–Trinajstić information content (AvgIpc) is 3.26. The van der Waals surface area contributed by atoms with Crippen LogP contribution in [0.3, 0.4) is 0 Å². The lowest BCUT2D eigenvalue weighted by atomic mass is 10.0. The predicted octanol–water partition coefficient (Wildman–Crippen LogP) is 2.66. The van der Waals surface area contributed by atoms with E-state index in [1.54, 1.807) is 12.1 Å². The predicted molar refractivity (Wildman–Crippen MR) is 80.3 cm³/mol. The van der Waals surface area contributed by atoms with Crippen molar-refractivity contribution in [2.75, 3.05) is 19.6 Å². The first kappa shape index (κ1) is 14.5. The number of nitrogens with one attached hydrogen (secondary N) is 1. The fraction of sp³-hybridized carbons (Fsp3) is 0.588. The van der Waals surface area contributed by atoms with E-state index in [1.807, 2.05) is 11.0 Å². The molecule has 1 aromatic carbocycles. The van der Waals surface area contributed by atoms with Crippen molar-refractivity contribution in [3.8, 4) is 0 Å². The maximum atomic E-state index is 13.4. The summed E-state index contributed by atoms with van der Waals surface area (Å²) in [6, 6.07) is 6.71. The molecule has 1 aliphatic heterocycles. The van der Waals surface area contributed by atoms with Crippen LogP contribution in [0, 0.1) is 11.7 Å². The van der Waals surface area contributed by atoms with Gasteiger partial charge in [0, 0.05) is 18.6 Å². The van der Waals surface area contributed by atoms with Crippen LogP contribution in [0.1, 0.15) is 38.2 Å². The van der Waals surface area contributed by atoms with Crippen molar-refractivity contribution in [1.82, 2.24) is 10.2 Å². The van der Waals surface area contributed by atoms with Crippen LogP contribution in [0.15, 0.2) is 24.3 Å². The van der Waals surface area contributed by atoms with Gasteiger partial charge in [0.2, 0.25) is 5.91 Å². The van der Waals surface area contributed by atoms with E-state index in [-0.39, 0.29) is 17.3 Å². The highest BCUT2D eigenvalue weighted by Crippen LogP contribution is 2.45. The Hall–Kier alpha value is -1.42. The smallest absolute Gasteiger partial charge is 0.236 e. The van der Waals surface area contributed by atoms with Gasteiger partial charge < -0.3 is 4.90 Å². The number of carbonyl (C=O) groups is 1. The molecule has 2 aliphatic rings. The molecular formula is C17H23FN2O. The topological polar surface area (TPSA) is 32.3 Å². The van der Waals surface area contributed by atoms with Crippen LogP contribution < -0.4 is 5.32 Å². The molecule has 3 nitrogen and oxygen atoms in total. The minimum Gasteiger partial charge on any atom is -0.341 e. The Balaban J connectivity index is 1.58. The zero-order valence-electron chi connectivity index (χ0n) is 12.6. The Labute approximate surface area is 125 Å². The summed E-state index contributed by atoms with van der Waals surface area (Å²) in [6.07, 6.45) is 4.26. The summed E-state index contributed by atoms with van der Waals surface area (Å²) in [5.74, 6) is 0.557. The van der Waals surface area contributed by atoms with Gasteiger partial charge in [0.25, 0.3) is 0 Å². The Morgan fingerprint density at radius 2 is 2.29 bits per heavy atom. The summed E-state index contributed by atoms with van der Waals surface area (Å²) < 4.78 is 13.4. The summed E-state index contributed by atoms with van der Waals surface area (Å²) in [7, 11) is 0. The van der Waals surface area contributed by atoms with Crippen molar-refractivity contribution >= 4 is 5.91 Å². The largest absolute Gasteiger partial charge is 0.341 e. The molecule has 114 valence electrons. The first-order chi connectivity index (χ1) is 10.1. The molecule has 1 saturated carbocycles. The number of hydrogen-bond donors (Lipinski definition) is 1. The van der Waals surface area contributed by atoms with E-state index >= 15 is 0 Å². The third-order valence-electron chi connectivity index (χ3n) is 4.71. The van der Waals surface area contributed by atoms with Crippen LogP contribution in [0.4, 0.5) is 4.39 Å². The van der Waals surface area contributed by atoms with E-state index in [9.17, 15) is 9.18 Å². The highest BCUT2D eigenvalue weighted by atomic mass is 19.1. The molecule has 1 aromatic rings. The third-order valence-corrected chi connectivity index (χ3v) is 4.71. The number of likely N-dealkylation sites (tertiary alicyclic amines) is 1. The lowest BCUT2D eigenvalue weighted by Gasteiger charge is -2.31. The van der Waals surface area contributed by atoms with Crippen LogP contribution in [0.25, 0.3) is 0 Å². The number of nitrogens with zero attached hydrogens (tertiary/aromatic N) is 1. The third kappa shape index (κ3) is 3.26. The van der Waals surface area contributed by atoms with E-state index in [2.05, 4.69) is 12.2 Å². The molecule has 1 atom stereocenters. The van der Waals surface area contributed by atoms with Crippen molar-refractivity contribution in [3.63, 3.8) is 0 Å². The van der Waals surface area contributed by atoms with Crippen molar-refractivity contribution in [1.29, 1.82) is 0 Å². The number of halogens is 1. The zero-order valence-corrected chi connectivity index (χ0v) is 12.6. The van der Waals surface area contributed by atoms with Gasteiger partial charge in [0.05, 0.1) is 6.54 Å². The summed E-state index contributed by atoms with van der Waals surface area (Å²) in [6.45, 7) is 4.29. The average molecular weight is 290 g/mol. The number of benzene rings is 1. The summed E-state index contributed by atoms with van der Waals surface area (Å²) in [5.41, 5.74) is 0.779. The molecule has 3 rings (SSSR count). The molecule has 0 radical (unpaired) electrons. The van der Waals surface area contributed by atoms with Gasteiger partial charge in [-0.1, -0.05) is 19.1 Å². The molecule has 21 heavy (non-hydrogen) atoms. The van der Waals surface area contributed by atoms with Gasteiger partial charge in [-0.15, -0.1) is 0 Å². The Morgan fingerprint density at radius 1 is 1.48 bits per heavy atom. The van der Waals surface area contributed by atoms with Gasteiger partial charge in [-0.25, -0.2) is 4.39 Å². The van der Waals surface area contributed by atoms with Crippen molar-refractivity contribution < 1.29 is 9.18 Å². The minimum absolute atomic E-state index is 0.171. The number of carbonyl (C=O) groups excluding carboxylic acids is 1. The molecule has 2 fully saturated rings. The number of rotatable bonds is 4. The van der Waals surface area contributed by atoms with E-state index in [1.165, 1.54) is 12.5 Å². The molecule has 1 saturated heterocycles. The first-order valence-corrected chi connectivity index (χ1v) is 7.88. The molecule has 0 spiro atoms. The molecule has 0 bridgehead atoms. The molecule has 0 aromatic heterocycles. The van der Waals surface area contributed by atoms with Crippen LogP contribution in [0.5, 0.6) is 0 Å². The Morgan fingerprint density at radius 3 is 2.95 bits per heavy atom. The van der Waals surface area contributed by atoms with E-state index < -0.39 is 0 Å². The highest BCUT2D eigenvalue weighted by Gasteiger charge is 2.44. The van der Waals surface area contributed by atoms with Gasteiger partial charge in [0.1, 0.15) is 5.82 Å². The van der Waals surface area contributed by atoms with Crippen LogP contribution in [0.2, 0.25) is 0 Å². The summed E-state index contributed by atoms with van der Waals surface area (Å²) in [4.78, 5) is 14.3. The van der Waals surface area contributed by atoms with Crippen LogP contribution in [-0.2, 0) is 10.3 Å². The SMILES string of the molecule is C[C@@H]1CCCN(C(=O)CNC2(c3cccc(F)c3)CC2)C1. The fourth-order valence-corrected chi connectivity index (χ4v) is 3.25. The molecule has 1 amide bonds. The highest BCUT2D eigenvalue weighted by molar-refractivity contribution is 5.78. The normalized spacial score (nSPS) is 23.9. The lowest BCUT2D eigenvalue weighted by Crippen LogP contribution is -2.45. The lowest BCUT2D eigenvalue weighted by molar-refractivity contribution is -0.132. The maximum absolute atomic E-state index is 13.4. The van der Waals surface area contributed by atoms with Gasteiger partial charge in [-0.3, -0.25) is 10.1 Å². The number of hydrogen-bond acceptors (Lipinski definition) is 2. The van der Waals surface area contributed by atoms with Crippen molar-refractivity contribution in [2.45, 2.75) is 38.1 Å². The fourth-order valence-electron chi connectivity index (χ4n) is 3.25. The summed E-state index contributed by atoms with van der Waals surface area (Å²) >= 11 is 0. The van der Waals surface area contributed by atoms with E-state index in [4.69, 9.17) is 0 Å². The Bertz CT molecular complexity index is 527. The molecule has 1 N–H and O–H groups in total. The van der Waals surface area contributed by atoms with Crippen LogP contribution >= 0.6 is 0 Å². The standard InChI is InChI=1S/C17H23FN2O/c1-13-4-3-9-20(12-13)16(21)11-19-17(7-8-17)14-5-2-6-15(18)10-14/h2,5-6,10,13,19H,3-4,7-9,11-12H2,1H3/t13-/m1/s1. The van der Waals surface area contributed by atoms with Crippen molar-refractivity contribution in [3.05, 3.63) is 35.6 Å². The molecule has 4 heteroatoms. The van der Waals surface area contributed by atoms with Gasteiger partial charge in [0.15, 0.2) is 0 Å². The van der Waals surface area contributed by atoms with Crippen LogP contribution in [-0.4, -0.2) is 30.4 Å². The second-order valence-corrected chi connectivity index (χ2v) is 6.53. The molecular weight excluding hydrogens is 267 g/mol. The van der Waals surface area contributed by atoms with E-state index in [0.717, 1.165) is 37.9 Å².